The lowest BCUT2D eigenvalue weighted by molar-refractivity contribution is 0.0651. The van der Waals surface area contributed by atoms with Crippen LogP contribution in [-0.2, 0) is 0 Å². The molecule has 0 aromatic heterocycles. The molecule has 0 saturated heterocycles. The third-order valence-electron chi connectivity index (χ3n) is 5.36. The van der Waals surface area contributed by atoms with Crippen molar-refractivity contribution in [1.29, 1.82) is 0 Å². The number of hydrogen-bond acceptors (Lipinski definition) is 3. The molecule has 0 aliphatic carbocycles. The number of imide groups is 1. The van der Waals surface area contributed by atoms with Crippen LogP contribution in [-0.4, -0.2) is 35.7 Å². The van der Waals surface area contributed by atoms with E-state index < -0.39 is 17.5 Å². The van der Waals surface area contributed by atoms with E-state index in [0.717, 1.165) is 12.1 Å². The smallest absolute Gasteiger partial charge is 0.261 e. The summed E-state index contributed by atoms with van der Waals surface area (Å²) < 4.78 is 27.8. The molecular formula is C25H20F2N2O3. The fourth-order valence-corrected chi connectivity index (χ4v) is 3.75. The lowest BCUT2D eigenvalue weighted by Gasteiger charge is -2.24. The molecule has 0 bridgehead atoms. The van der Waals surface area contributed by atoms with E-state index in [2.05, 4.69) is 0 Å². The van der Waals surface area contributed by atoms with Gasteiger partial charge in [-0.2, -0.15) is 0 Å². The molecule has 5 nitrogen and oxygen atoms in total. The summed E-state index contributed by atoms with van der Waals surface area (Å²) in [5.41, 5.74) is 1.11. The Hall–Kier alpha value is -3.87. The first-order valence-electron chi connectivity index (χ1n) is 10.2. The van der Waals surface area contributed by atoms with Gasteiger partial charge >= 0.3 is 0 Å². The second-order valence-electron chi connectivity index (χ2n) is 7.43. The highest BCUT2D eigenvalue weighted by molar-refractivity contribution is 6.21. The molecule has 0 saturated carbocycles. The van der Waals surface area contributed by atoms with Crippen molar-refractivity contribution < 1.29 is 23.2 Å². The number of benzene rings is 3. The lowest BCUT2D eigenvalue weighted by atomic mass is 10.1. The van der Waals surface area contributed by atoms with Crippen LogP contribution in [0.4, 0.5) is 14.5 Å². The predicted octanol–water partition coefficient (Wildman–Crippen LogP) is 4.69. The molecule has 3 aromatic carbocycles. The topological polar surface area (TPSA) is 57.7 Å². The fraction of sp³-hybridized carbons (Fsp3) is 0.160. The van der Waals surface area contributed by atoms with Crippen LogP contribution in [0.2, 0.25) is 0 Å². The van der Waals surface area contributed by atoms with Crippen molar-refractivity contribution in [3.63, 3.8) is 0 Å². The highest BCUT2D eigenvalue weighted by Crippen LogP contribution is 2.25. The van der Waals surface area contributed by atoms with Crippen LogP contribution in [0.3, 0.4) is 0 Å². The van der Waals surface area contributed by atoms with Crippen LogP contribution >= 0.6 is 0 Å². The fourth-order valence-electron chi connectivity index (χ4n) is 3.75. The third kappa shape index (κ3) is 4.14. The molecule has 1 heterocycles. The molecular weight excluding hydrogens is 414 g/mol. The summed E-state index contributed by atoms with van der Waals surface area (Å²) in [7, 11) is 0. The molecule has 0 radical (unpaired) electrons. The zero-order chi connectivity index (χ0) is 22.7. The lowest BCUT2D eigenvalue weighted by Crippen LogP contribution is -2.34. The van der Waals surface area contributed by atoms with Gasteiger partial charge in [0, 0.05) is 24.7 Å². The zero-order valence-electron chi connectivity index (χ0n) is 17.1. The second kappa shape index (κ2) is 9.09. The molecule has 0 unspecified atom stereocenters. The molecule has 162 valence electrons. The average Bonchev–Trinajstić information content (AvgIpc) is 3.05. The first-order valence-corrected chi connectivity index (χ1v) is 10.2. The molecule has 1 aliphatic heterocycles. The Bertz CT molecular complexity index is 1150. The summed E-state index contributed by atoms with van der Waals surface area (Å²) in [5.74, 6) is -2.67. The number of rotatable bonds is 7. The standard InChI is InChI=1S/C25H20F2N2O3/c26-18-12-13-22(21(27)16-18)28(23(30)17-8-2-1-3-9-17)14-6-7-15-29-24(31)19-10-4-5-11-20(19)25(29)32/h1-5,8-13,16H,6-7,14-15H2. The van der Waals surface area contributed by atoms with Crippen molar-refractivity contribution in [3.8, 4) is 0 Å². The molecule has 32 heavy (non-hydrogen) atoms. The summed E-state index contributed by atoms with van der Waals surface area (Å²) >= 11 is 0. The molecule has 4 rings (SSSR count). The minimum atomic E-state index is -0.838. The van der Waals surface area contributed by atoms with E-state index in [1.165, 1.54) is 15.9 Å². The first-order chi connectivity index (χ1) is 15.5. The number of nitrogens with zero attached hydrogens (tertiary/aromatic N) is 2. The number of hydrogen-bond donors (Lipinski definition) is 0. The highest BCUT2D eigenvalue weighted by atomic mass is 19.1. The highest BCUT2D eigenvalue weighted by Gasteiger charge is 2.34. The van der Waals surface area contributed by atoms with Gasteiger partial charge < -0.3 is 4.90 Å². The average molecular weight is 434 g/mol. The number of unbranched alkanes of at least 4 members (excludes halogenated alkanes) is 1. The van der Waals surface area contributed by atoms with Gasteiger partial charge in [0.1, 0.15) is 11.6 Å². The largest absolute Gasteiger partial charge is 0.306 e. The van der Waals surface area contributed by atoms with Crippen LogP contribution in [0.25, 0.3) is 0 Å². The minimum Gasteiger partial charge on any atom is -0.306 e. The maximum Gasteiger partial charge on any atom is 0.261 e. The molecule has 0 N–H and O–H groups in total. The first kappa shape index (κ1) is 21.4. The van der Waals surface area contributed by atoms with E-state index in [-0.39, 0.29) is 30.6 Å². The number of fused-ring (bicyclic) bond motifs is 1. The van der Waals surface area contributed by atoms with Crippen LogP contribution in [0.15, 0.2) is 72.8 Å². The second-order valence-corrected chi connectivity index (χ2v) is 7.43. The van der Waals surface area contributed by atoms with Crippen LogP contribution in [0, 0.1) is 11.6 Å². The van der Waals surface area contributed by atoms with Gasteiger partial charge in [-0.15, -0.1) is 0 Å². The van der Waals surface area contributed by atoms with Gasteiger partial charge in [0.2, 0.25) is 0 Å². The summed E-state index contributed by atoms with van der Waals surface area (Å²) in [5, 5.41) is 0. The van der Waals surface area contributed by atoms with Crippen molar-refractivity contribution in [2.24, 2.45) is 0 Å². The van der Waals surface area contributed by atoms with E-state index in [1.54, 1.807) is 54.6 Å². The van der Waals surface area contributed by atoms with Crippen molar-refractivity contribution in [1.82, 2.24) is 4.90 Å². The molecule has 3 amide bonds. The van der Waals surface area contributed by atoms with E-state index in [0.29, 0.717) is 29.5 Å². The summed E-state index contributed by atoms with van der Waals surface area (Å²) in [6.45, 7) is 0.324. The minimum absolute atomic E-state index is 0.0269. The van der Waals surface area contributed by atoms with Crippen molar-refractivity contribution in [2.75, 3.05) is 18.0 Å². The molecule has 0 fully saturated rings. The number of anilines is 1. The summed E-state index contributed by atoms with van der Waals surface area (Å²) in [4.78, 5) is 40.4. The molecule has 3 aromatic rings. The molecule has 0 spiro atoms. The van der Waals surface area contributed by atoms with E-state index in [1.807, 2.05) is 0 Å². The summed E-state index contributed by atoms with van der Waals surface area (Å²) in [6, 6.07) is 18.1. The number of carbonyl (C=O) groups is 3. The van der Waals surface area contributed by atoms with Gasteiger partial charge in [-0.25, -0.2) is 8.78 Å². The van der Waals surface area contributed by atoms with E-state index in [4.69, 9.17) is 0 Å². The van der Waals surface area contributed by atoms with Gasteiger partial charge in [0.15, 0.2) is 0 Å². The Morgan fingerprint density at radius 3 is 2.06 bits per heavy atom. The molecule has 0 atom stereocenters. The Morgan fingerprint density at radius 2 is 1.44 bits per heavy atom. The SMILES string of the molecule is O=C1c2ccccc2C(=O)N1CCCCN(C(=O)c1ccccc1)c1ccc(F)cc1F. The normalized spacial score (nSPS) is 12.8. The Labute approximate surface area is 183 Å². The van der Waals surface area contributed by atoms with Crippen molar-refractivity contribution >= 4 is 23.4 Å². The van der Waals surface area contributed by atoms with Crippen LogP contribution in [0.1, 0.15) is 43.9 Å². The monoisotopic (exact) mass is 434 g/mol. The Balaban J connectivity index is 1.46. The van der Waals surface area contributed by atoms with Gasteiger partial charge in [-0.3, -0.25) is 19.3 Å². The maximum atomic E-state index is 14.5. The van der Waals surface area contributed by atoms with E-state index in [9.17, 15) is 23.2 Å². The van der Waals surface area contributed by atoms with Gasteiger partial charge in [0.05, 0.1) is 16.8 Å². The zero-order valence-corrected chi connectivity index (χ0v) is 17.1. The maximum absolute atomic E-state index is 14.5. The predicted molar refractivity (Wildman–Crippen MR) is 116 cm³/mol. The van der Waals surface area contributed by atoms with Crippen LogP contribution < -0.4 is 4.90 Å². The van der Waals surface area contributed by atoms with Gasteiger partial charge in [-0.05, 0) is 49.2 Å². The molecule has 7 heteroatoms. The number of carbonyl (C=O) groups excluding carboxylic acids is 3. The van der Waals surface area contributed by atoms with Crippen molar-refractivity contribution in [2.45, 2.75) is 12.8 Å². The summed E-state index contributed by atoms with van der Waals surface area (Å²) in [6.07, 6.45) is 0.829. The Morgan fingerprint density at radius 1 is 0.812 bits per heavy atom. The van der Waals surface area contributed by atoms with Gasteiger partial charge in [0.25, 0.3) is 17.7 Å². The molecule has 1 aliphatic rings. The Kier molecular flexibility index (Phi) is 6.07. The number of amides is 3. The van der Waals surface area contributed by atoms with Gasteiger partial charge in [-0.1, -0.05) is 30.3 Å². The third-order valence-corrected chi connectivity index (χ3v) is 5.36. The van der Waals surface area contributed by atoms with Crippen LogP contribution in [0.5, 0.6) is 0 Å². The quantitative estimate of drug-likeness (QED) is 0.401. The van der Waals surface area contributed by atoms with Crippen molar-refractivity contribution in [3.05, 3.63) is 101 Å². The van der Waals surface area contributed by atoms with E-state index >= 15 is 0 Å². The number of halogens is 2.